The van der Waals surface area contributed by atoms with Crippen molar-refractivity contribution in [2.45, 2.75) is 45.3 Å². The number of halogens is 1. The lowest BCUT2D eigenvalue weighted by Crippen LogP contribution is -2.56. The van der Waals surface area contributed by atoms with Crippen LogP contribution < -0.4 is 0 Å². The molecule has 2 unspecified atom stereocenters. The number of esters is 2. The predicted molar refractivity (Wildman–Crippen MR) is 101 cm³/mol. The van der Waals surface area contributed by atoms with Crippen molar-refractivity contribution in [2.24, 2.45) is 11.0 Å². The zero-order valence-electron chi connectivity index (χ0n) is 16.8. The Balaban J connectivity index is 2.66. The smallest absolute Gasteiger partial charge is 0.303 e. The molecule has 0 amide bonds. The van der Waals surface area contributed by atoms with Gasteiger partial charge in [-0.05, 0) is 5.53 Å². The van der Waals surface area contributed by atoms with E-state index >= 15 is 0 Å². The van der Waals surface area contributed by atoms with E-state index in [4.69, 9.17) is 45.6 Å². The highest BCUT2D eigenvalue weighted by molar-refractivity contribution is 6.17. The molecule has 0 bridgehead atoms. The Labute approximate surface area is 174 Å². The SMILES string of the molecule is CC(=O)OCC1O[C@H](OCCOCCOCCCl)C(N=[N+]=[N-])[C@@H](C)[C@H]1OC(C)=O. The fourth-order valence-corrected chi connectivity index (χ4v) is 2.89. The minimum absolute atomic E-state index is 0.130. The number of alkyl halides is 1. The van der Waals surface area contributed by atoms with Crippen molar-refractivity contribution in [3.05, 3.63) is 10.4 Å². The number of nitrogens with zero attached hydrogens (tertiary/aromatic N) is 3. The second-order valence-electron chi connectivity index (χ2n) is 6.26. The first-order chi connectivity index (χ1) is 13.9. The Bertz CT molecular complexity index is 561. The summed E-state index contributed by atoms with van der Waals surface area (Å²) in [4.78, 5) is 25.5. The van der Waals surface area contributed by atoms with Gasteiger partial charge in [0.05, 0.1) is 39.1 Å². The van der Waals surface area contributed by atoms with Crippen LogP contribution in [0.1, 0.15) is 20.8 Å². The third-order valence-corrected chi connectivity index (χ3v) is 4.21. The Hall–Kier alpha value is -1.62. The van der Waals surface area contributed by atoms with Gasteiger partial charge in [0.15, 0.2) is 6.29 Å². The van der Waals surface area contributed by atoms with Gasteiger partial charge in [0.2, 0.25) is 0 Å². The van der Waals surface area contributed by atoms with Crippen molar-refractivity contribution in [3.8, 4) is 0 Å². The van der Waals surface area contributed by atoms with E-state index in [1.165, 1.54) is 13.8 Å². The monoisotopic (exact) mass is 437 g/mol. The summed E-state index contributed by atoms with van der Waals surface area (Å²) in [7, 11) is 0. The van der Waals surface area contributed by atoms with E-state index in [2.05, 4.69) is 10.0 Å². The number of carbonyl (C=O) groups excluding carboxylic acids is 2. The van der Waals surface area contributed by atoms with Gasteiger partial charge in [-0.1, -0.05) is 12.0 Å². The lowest BCUT2D eigenvalue weighted by molar-refractivity contribution is -0.260. The minimum atomic E-state index is -0.913. The number of hydrogen-bond acceptors (Lipinski definition) is 9. The average molecular weight is 438 g/mol. The maximum absolute atomic E-state index is 11.5. The fourth-order valence-electron chi connectivity index (χ4n) is 2.78. The summed E-state index contributed by atoms with van der Waals surface area (Å²) in [5.41, 5.74) is 8.90. The Morgan fingerprint density at radius 2 is 1.76 bits per heavy atom. The first-order valence-electron chi connectivity index (χ1n) is 9.24. The van der Waals surface area contributed by atoms with Crippen molar-refractivity contribution in [3.63, 3.8) is 0 Å². The van der Waals surface area contributed by atoms with Crippen molar-refractivity contribution in [1.29, 1.82) is 0 Å². The van der Waals surface area contributed by atoms with E-state index in [9.17, 15) is 9.59 Å². The molecule has 1 aliphatic heterocycles. The van der Waals surface area contributed by atoms with Crippen LogP contribution in [0.2, 0.25) is 0 Å². The molecule has 29 heavy (non-hydrogen) atoms. The summed E-state index contributed by atoms with van der Waals surface area (Å²) >= 11 is 5.50. The van der Waals surface area contributed by atoms with Crippen LogP contribution in [0.3, 0.4) is 0 Å². The third-order valence-electron chi connectivity index (χ3n) is 4.05. The number of ether oxygens (including phenoxy) is 6. The van der Waals surface area contributed by atoms with E-state index in [0.717, 1.165) is 0 Å². The number of carbonyl (C=O) groups is 2. The first kappa shape index (κ1) is 25.4. The maximum Gasteiger partial charge on any atom is 0.303 e. The molecule has 0 aromatic carbocycles. The van der Waals surface area contributed by atoms with Crippen LogP contribution in [0.25, 0.3) is 10.4 Å². The standard InChI is InChI=1S/C17H28ClN3O8/c1-11-15(20-21-19)17(26-9-8-25-7-6-24-5-4-18)29-14(10-27-12(2)22)16(11)28-13(3)23/h11,14-17H,4-10H2,1-3H3/t11-,14?,15?,16-,17+/m1/s1. The van der Waals surface area contributed by atoms with Crippen molar-refractivity contribution in [2.75, 3.05) is 45.5 Å². The summed E-state index contributed by atoms with van der Waals surface area (Å²) in [5, 5.41) is 3.74. The molecular weight excluding hydrogens is 410 g/mol. The fraction of sp³-hybridized carbons (Fsp3) is 0.882. The van der Waals surface area contributed by atoms with Gasteiger partial charge in [-0.3, -0.25) is 9.59 Å². The molecule has 1 aliphatic rings. The van der Waals surface area contributed by atoms with Crippen LogP contribution in [0.15, 0.2) is 5.11 Å². The minimum Gasteiger partial charge on any atom is -0.463 e. The van der Waals surface area contributed by atoms with Gasteiger partial charge in [0, 0.05) is 30.6 Å². The molecule has 0 N–H and O–H groups in total. The zero-order valence-corrected chi connectivity index (χ0v) is 17.6. The van der Waals surface area contributed by atoms with Crippen molar-refractivity contribution < 1.29 is 38.0 Å². The molecule has 1 heterocycles. The van der Waals surface area contributed by atoms with Gasteiger partial charge in [-0.2, -0.15) is 0 Å². The molecular formula is C17H28ClN3O8. The van der Waals surface area contributed by atoms with E-state index in [-0.39, 0.29) is 19.8 Å². The normalized spacial score (nSPS) is 26.4. The van der Waals surface area contributed by atoms with Gasteiger partial charge in [-0.25, -0.2) is 0 Å². The van der Waals surface area contributed by atoms with E-state index in [1.807, 2.05) is 0 Å². The summed E-state index contributed by atoms with van der Waals surface area (Å²) < 4.78 is 32.4. The zero-order chi connectivity index (χ0) is 21.6. The molecule has 11 nitrogen and oxygen atoms in total. The molecule has 166 valence electrons. The van der Waals surface area contributed by atoms with Crippen LogP contribution in [-0.2, 0) is 38.0 Å². The summed E-state index contributed by atoms with van der Waals surface area (Å²) in [5.74, 6) is -1.03. The molecule has 0 aliphatic carbocycles. The number of azide groups is 1. The van der Waals surface area contributed by atoms with E-state index < -0.39 is 42.4 Å². The van der Waals surface area contributed by atoms with Gasteiger partial charge >= 0.3 is 11.9 Å². The molecule has 0 radical (unpaired) electrons. The third kappa shape index (κ3) is 9.62. The first-order valence-corrected chi connectivity index (χ1v) is 9.77. The molecule has 12 heteroatoms. The van der Waals surface area contributed by atoms with Gasteiger partial charge in [-0.15, -0.1) is 11.6 Å². The van der Waals surface area contributed by atoms with Crippen LogP contribution in [0.5, 0.6) is 0 Å². The van der Waals surface area contributed by atoms with Crippen molar-refractivity contribution in [1.82, 2.24) is 0 Å². The molecule has 1 fully saturated rings. The predicted octanol–water partition coefficient (Wildman–Crippen LogP) is 1.81. The summed E-state index contributed by atoms with van der Waals surface area (Å²) in [6.07, 6.45) is -2.44. The van der Waals surface area contributed by atoms with Gasteiger partial charge < -0.3 is 28.4 Å². The topological polar surface area (TPSA) is 138 Å². The number of rotatable bonds is 13. The van der Waals surface area contributed by atoms with Crippen molar-refractivity contribution >= 4 is 23.5 Å². The summed E-state index contributed by atoms with van der Waals surface area (Å²) in [6, 6.07) is -0.745. The second kappa shape index (κ2) is 14.4. The lowest BCUT2D eigenvalue weighted by atomic mass is 9.89. The molecule has 1 rings (SSSR count). The van der Waals surface area contributed by atoms with Gasteiger partial charge in [0.25, 0.3) is 0 Å². The van der Waals surface area contributed by atoms with Crippen LogP contribution in [-0.4, -0.2) is 82.0 Å². The highest BCUT2D eigenvalue weighted by atomic mass is 35.5. The van der Waals surface area contributed by atoms with Gasteiger partial charge in [0.1, 0.15) is 18.8 Å². The lowest BCUT2D eigenvalue weighted by Gasteiger charge is -2.42. The second-order valence-corrected chi connectivity index (χ2v) is 6.64. The van der Waals surface area contributed by atoms with E-state index in [1.54, 1.807) is 6.92 Å². The van der Waals surface area contributed by atoms with Crippen LogP contribution in [0, 0.1) is 5.92 Å². The molecule has 5 atom stereocenters. The Kier molecular flexibility index (Phi) is 12.6. The molecule has 0 aromatic rings. The molecule has 0 saturated carbocycles. The maximum atomic E-state index is 11.5. The average Bonchev–Trinajstić information content (AvgIpc) is 2.67. The van der Waals surface area contributed by atoms with Crippen LogP contribution in [0.4, 0.5) is 0 Å². The molecule has 1 saturated heterocycles. The number of hydrogen-bond donors (Lipinski definition) is 0. The van der Waals surface area contributed by atoms with Crippen LogP contribution >= 0.6 is 11.6 Å². The summed E-state index contributed by atoms with van der Waals surface area (Å²) in [6.45, 7) is 5.83. The Morgan fingerprint density at radius 1 is 1.10 bits per heavy atom. The largest absolute Gasteiger partial charge is 0.463 e. The quantitative estimate of drug-likeness (QED) is 0.106. The highest BCUT2D eigenvalue weighted by Gasteiger charge is 2.46. The molecule has 0 aromatic heterocycles. The van der Waals surface area contributed by atoms with E-state index in [0.29, 0.717) is 25.7 Å². The highest BCUT2D eigenvalue weighted by Crippen LogP contribution is 2.31. The molecule has 0 spiro atoms. The Morgan fingerprint density at radius 3 is 2.34 bits per heavy atom.